The van der Waals surface area contributed by atoms with Crippen LogP contribution in [0.4, 0.5) is 5.69 Å². The van der Waals surface area contributed by atoms with Crippen LogP contribution in [0.3, 0.4) is 0 Å². The molecule has 1 heterocycles. The molecule has 1 aliphatic rings. The predicted octanol–water partition coefficient (Wildman–Crippen LogP) is 3.15. The molecule has 0 saturated carbocycles. The topological polar surface area (TPSA) is 61.5 Å². The molecule has 4 nitrogen and oxygen atoms in total. The van der Waals surface area contributed by atoms with Crippen LogP contribution in [0.5, 0.6) is 0 Å². The second kappa shape index (κ2) is 5.12. The van der Waals surface area contributed by atoms with E-state index >= 15 is 0 Å². The van der Waals surface area contributed by atoms with Crippen LogP contribution in [-0.4, -0.2) is 25.5 Å². The zero-order valence-corrected chi connectivity index (χ0v) is 14.7. The lowest BCUT2D eigenvalue weighted by Gasteiger charge is -2.47. The van der Waals surface area contributed by atoms with Gasteiger partial charge in [-0.05, 0) is 46.2 Å². The van der Waals surface area contributed by atoms with Gasteiger partial charge in [-0.1, -0.05) is 13.0 Å². The van der Waals surface area contributed by atoms with Gasteiger partial charge >= 0.3 is 0 Å². The molecule has 2 atom stereocenters. The highest BCUT2D eigenvalue weighted by atomic mass is 31.2. The van der Waals surface area contributed by atoms with Crippen LogP contribution < -0.4 is 11.0 Å². The summed E-state index contributed by atoms with van der Waals surface area (Å²) in [6, 6.07) is 5.54. The highest BCUT2D eigenvalue weighted by molar-refractivity contribution is 7.70. The second-order valence-electron chi connectivity index (χ2n) is 6.99. The number of ether oxygens (including phenoxy) is 2. The molecule has 1 aromatic carbocycles. The molecule has 1 fully saturated rings. The summed E-state index contributed by atoms with van der Waals surface area (Å²) in [4.78, 5) is 0. The number of nitrogen functional groups attached to an aromatic ring is 1. The molecule has 1 aromatic rings. The van der Waals surface area contributed by atoms with Crippen LogP contribution in [0.2, 0.25) is 0 Å². The number of hydrogen-bond acceptors (Lipinski definition) is 4. The molecule has 2 N–H and O–H groups in total. The number of nitrogens with two attached hydrogens (primary N) is 1. The van der Waals surface area contributed by atoms with Crippen molar-refractivity contribution in [3.8, 4) is 0 Å². The highest BCUT2D eigenvalue weighted by Gasteiger charge is 2.44. The first-order valence-corrected chi connectivity index (χ1v) is 9.85. The van der Waals surface area contributed by atoms with Crippen LogP contribution in [0.25, 0.3) is 0 Å². The molecule has 2 rings (SSSR count). The third-order valence-electron chi connectivity index (χ3n) is 4.39. The molecular formula is C16H26NO3P. The molecule has 0 radical (unpaired) electrons. The summed E-state index contributed by atoms with van der Waals surface area (Å²) in [5.41, 5.74) is 7.10. The van der Waals surface area contributed by atoms with E-state index in [0.717, 1.165) is 5.56 Å². The van der Waals surface area contributed by atoms with Gasteiger partial charge in [0, 0.05) is 22.5 Å². The van der Waals surface area contributed by atoms with Gasteiger partial charge in [-0.3, -0.25) is 0 Å². The normalized spacial score (nSPS) is 29.3. The largest absolute Gasteiger partial charge is 0.398 e. The fourth-order valence-corrected chi connectivity index (χ4v) is 3.70. The molecule has 0 amide bonds. The summed E-state index contributed by atoms with van der Waals surface area (Å²) in [5, 5.41) is 0.685. The van der Waals surface area contributed by atoms with E-state index < -0.39 is 12.9 Å². The Morgan fingerprint density at radius 1 is 1.29 bits per heavy atom. The van der Waals surface area contributed by atoms with Crippen molar-refractivity contribution in [1.29, 1.82) is 0 Å². The van der Waals surface area contributed by atoms with E-state index in [1.54, 1.807) is 19.4 Å². The molecule has 118 valence electrons. The SMILES string of the molecule is CC1COC(C)(c2ccc(N)c(P(C)(C)=O)c2)OC1(C)C. The van der Waals surface area contributed by atoms with E-state index in [-0.39, 0.29) is 5.60 Å². The maximum atomic E-state index is 12.4. The monoisotopic (exact) mass is 311 g/mol. The number of rotatable bonds is 2. The Labute approximate surface area is 127 Å². The molecule has 5 heteroatoms. The maximum absolute atomic E-state index is 12.4. The van der Waals surface area contributed by atoms with Crippen molar-refractivity contribution >= 4 is 18.1 Å². The first-order chi connectivity index (χ1) is 9.46. The Morgan fingerprint density at radius 3 is 2.43 bits per heavy atom. The fourth-order valence-electron chi connectivity index (χ4n) is 2.55. The van der Waals surface area contributed by atoms with E-state index in [1.807, 2.05) is 19.1 Å². The van der Waals surface area contributed by atoms with Gasteiger partial charge < -0.3 is 19.8 Å². The average Bonchev–Trinajstić information content (AvgIpc) is 2.33. The molecule has 0 aromatic heterocycles. The Hall–Kier alpha value is -0.830. The molecule has 0 bridgehead atoms. The molecule has 1 saturated heterocycles. The molecule has 0 spiro atoms. The standard InChI is InChI=1S/C16H26NO3P/c1-11-10-19-16(4,20-15(11,2)3)12-7-8-13(17)14(9-12)21(5,6)18/h7-9,11H,10,17H2,1-6H3. The predicted molar refractivity (Wildman–Crippen MR) is 87.6 cm³/mol. The molecular weight excluding hydrogens is 285 g/mol. The molecule has 1 aliphatic heterocycles. The van der Waals surface area contributed by atoms with Crippen molar-refractivity contribution in [2.45, 2.75) is 39.1 Å². The Bertz CT molecular complexity index is 593. The third kappa shape index (κ3) is 3.18. The van der Waals surface area contributed by atoms with Crippen LogP contribution in [0.15, 0.2) is 18.2 Å². The van der Waals surface area contributed by atoms with Crippen molar-refractivity contribution in [1.82, 2.24) is 0 Å². The van der Waals surface area contributed by atoms with Crippen LogP contribution in [0, 0.1) is 5.92 Å². The van der Waals surface area contributed by atoms with Gasteiger partial charge in [-0.25, -0.2) is 0 Å². The van der Waals surface area contributed by atoms with Gasteiger partial charge in [0.15, 0.2) is 5.79 Å². The van der Waals surface area contributed by atoms with E-state index in [0.29, 0.717) is 23.5 Å². The first kappa shape index (κ1) is 16.5. The van der Waals surface area contributed by atoms with E-state index in [1.165, 1.54) is 0 Å². The zero-order valence-electron chi connectivity index (χ0n) is 13.8. The van der Waals surface area contributed by atoms with Crippen LogP contribution >= 0.6 is 7.14 Å². The minimum absolute atomic E-state index is 0.281. The van der Waals surface area contributed by atoms with Gasteiger partial charge in [-0.15, -0.1) is 0 Å². The van der Waals surface area contributed by atoms with Crippen molar-refractivity contribution in [3.63, 3.8) is 0 Å². The van der Waals surface area contributed by atoms with Crippen molar-refractivity contribution in [3.05, 3.63) is 23.8 Å². The van der Waals surface area contributed by atoms with Gasteiger partial charge in [0.1, 0.15) is 7.14 Å². The summed E-state index contributed by atoms with van der Waals surface area (Å²) in [6.07, 6.45) is 0. The summed E-state index contributed by atoms with van der Waals surface area (Å²) < 4.78 is 24.6. The lowest BCUT2D eigenvalue weighted by molar-refractivity contribution is -0.337. The fraction of sp³-hybridized carbons (Fsp3) is 0.625. The summed E-state index contributed by atoms with van der Waals surface area (Å²) >= 11 is 0. The minimum atomic E-state index is -2.44. The second-order valence-corrected chi connectivity index (χ2v) is 10.2. The zero-order chi connectivity index (χ0) is 16.1. The Kier molecular flexibility index (Phi) is 4.03. The minimum Gasteiger partial charge on any atom is -0.398 e. The molecule has 0 aliphatic carbocycles. The van der Waals surface area contributed by atoms with Crippen molar-refractivity contribution < 1.29 is 14.0 Å². The van der Waals surface area contributed by atoms with Gasteiger partial charge in [0.2, 0.25) is 0 Å². The highest BCUT2D eigenvalue weighted by Crippen LogP contribution is 2.43. The average molecular weight is 311 g/mol. The van der Waals surface area contributed by atoms with Gasteiger partial charge in [-0.2, -0.15) is 0 Å². The first-order valence-electron chi connectivity index (χ1n) is 7.25. The van der Waals surface area contributed by atoms with Gasteiger partial charge in [0.25, 0.3) is 0 Å². The lowest BCUT2D eigenvalue weighted by Crippen LogP contribution is -2.50. The van der Waals surface area contributed by atoms with Crippen LogP contribution in [-0.2, 0) is 19.8 Å². The summed E-state index contributed by atoms with van der Waals surface area (Å²) in [7, 11) is -2.44. The third-order valence-corrected chi connectivity index (χ3v) is 5.94. The van der Waals surface area contributed by atoms with Crippen molar-refractivity contribution in [2.24, 2.45) is 5.92 Å². The Balaban J connectivity index is 2.45. The lowest BCUT2D eigenvalue weighted by atomic mass is 9.90. The van der Waals surface area contributed by atoms with E-state index in [2.05, 4.69) is 20.8 Å². The summed E-state index contributed by atoms with van der Waals surface area (Å²) in [6.45, 7) is 12.2. The quantitative estimate of drug-likeness (QED) is 0.673. The number of hydrogen-bond donors (Lipinski definition) is 1. The molecule has 2 unspecified atom stereocenters. The maximum Gasteiger partial charge on any atom is 0.192 e. The Morgan fingerprint density at radius 2 is 1.90 bits per heavy atom. The van der Waals surface area contributed by atoms with Crippen molar-refractivity contribution in [2.75, 3.05) is 25.7 Å². The van der Waals surface area contributed by atoms with E-state index in [9.17, 15) is 4.57 Å². The number of anilines is 1. The summed E-state index contributed by atoms with van der Waals surface area (Å²) in [5.74, 6) is -0.532. The number of benzene rings is 1. The van der Waals surface area contributed by atoms with Gasteiger partial charge in [0.05, 0.1) is 12.2 Å². The molecule has 21 heavy (non-hydrogen) atoms. The van der Waals surface area contributed by atoms with E-state index in [4.69, 9.17) is 15.2 Å². The smallest absolute Gasteiger partial charge is 0.192 e. The van der Waals surface area contributed by atoms with Crippen LogP contribution in [0.1, 0.15) is 33.3 Å².